The molecule has 0 aliphatic carbocycles. The topological polar surface area (TPSA) is 169 Å². The lowest BCUT2D eigenvalue weighted by Crippen LogP contribution is -2.51. The fraction of sp³-hybridized carbons (Fsp3) is 0.294. The van der Waals surface area contributed by atoms with E-state index in [4.69, 9.17) is 11.6 Å². The smallest absolute Gasteiger partial charge is 0.416 e. The molecule has 1 saturated heterocycles. The highest BCUT2D eigenvalue weighted by Gasteiger charge is 2.32. The summed E-state index contributed by atoms with van der Waals surface area (Å²) in [6.45, 7) is 3.50. The zero-order valence-corrected chi connectivity index (χ0v) is 29.6. The van der Waals surface area contributed by atoms with Gasteiger partial charge in [-0.3, -0.25) is 14.4 Å². The van der Waals surface area contributed by atoms with Gasteiger partial charge in [-0.1, -0.05) is 18.5 Å². The van der Waals surface area contributed by atoms with E-state index in [0.717, 1.165) is 21.3 Å². The number of alkyl halides is 3. The number of aryl methyl sites for hydroxylation is 2. The molecule has 1 aliphatic heterocycles. The summed E-state index contributed by atoms with van der Waals surface area (Å²) in [7, 11) is 1.46. The lowest BCUT2D eigenvalue weighted by Gasteiger charge is -2.36. The third kappa shape index (κ3) is 6.43. The van der Waals surface area contributed by atoms with E-state index in [1.165, 1.54) is 28.9 Å². The molecular formula is C34H30ClF4N11O4. The highest BCUT2D eigenvalue weighted by molar-refractivity contribution is 6.33. The predicted octanol–water partition coefficient (Wildman–Crippen LogP) is 4.22. The van der Waals surface area contributed by atoms with Crippen molar-refractivity contribution in [2.24, 2.45) is 7.05 Å². The number of aromatic hydroxyl groups is 1. The maximum absolute atomic E-state index is 14.8. The van der Waals surface area contributed by atoms with E-state index in [9.17, 15) is 37.1 Å². The Balaban J connectivity index is 1.28. The van der Waals surface area contributed by atoms with Gasteiger partial charge in [-0.05, 0) is 49.7 Å². The Kier molecular flexibility index (Phi) is 9.20. The number of aromatic nitrogens is 8. The van der Waals surface area contributed by atoms with Crippen LogP contribution >= 0.6 is 11.6 Å². The number of anilines is 2. The summed E-state index contributed by atoms with van der Waals surface area (Å²) in [4.78, 5) is 56.9. The standard InChI is InChI=1S/C34H30ClF4N11O4/c1-4-24-27(47-9-11-48(12-10-47)31(53)26-28(52)17(2)40-16-41-26)32(54)50-33(43-30(45-50)18-5-7-22-20(13-18)29(36)46(3)44-22)49(24)15-25(51)42-23-8-6-19(14-21(23)35)34(37,38)39/h5-8,13-14,16,52H,4,9-12,15H2,1-3H3,(H,42,51). The van der Waals surface area contributed by atoms with Gasteiger partial charge < -0.3 is 24.8 Å². The molecule has 0 radical (unpaired) electrons. The van der Waals surface area contributed by atoms with Crippen LogP contribution in [0, 0.1) is 12.9 Å². The molecule has 2 N–H and O–H groups in total. The van der Waals surface area contributed by atoms with Gasteiger partial charge in [0.25, 0.3) is 11.5 Å². The van der Waals surface area contributed by atoms with Crippen LogP contribution in [-0.2, 0) is 31.0 Å². The van der Waals surface area contributed by atoms with Crippen LogP contribution in [0.1, 0.15) is 34.4 Å². The Bertz CT molecular complexity index is 2540. The molecule has 0 unspecified atom stereocenters. The molecule has 20 heteroatoms. The zero-order valence-electron chi connectivity index (χ0n) is 28.8. The van der Waals surface area contributed by atoms with Crippen molar-refractivity contribution in [2.75, 3.05) is 36.4 Å². The fourth-order valence-electron chi connectivity index (χ4n) is 6.39. The van der Waals surface area contributed by atoms with Crippen molar-refractivity contribution >= 4 is 51.5 Å². The number of nitrogens with zero attached hydrogens (tertiary/aromatic N) is 10. The molecule has 2 amide bonds. The normalized spacial score (nSPS) is 13.6. The lowest BCUT2D eigenvalue weighted by molar-refractivity contribution is -0.137. The van der Waals surface area contributed by atoms with E-state index in [0.29, 0.717) is 22.8 Å². The van der Waals surface area contributed by atoms with E-state index in [1.54, 1.807) is 30.9 Å². The number of benzene rings is 2. The molecular weight excluding hydrogens is 738 g/mol. The number of halogens is 5. The van der Waals surface area contributed by atoms with Crippen molar-refractivity contribution in [3.63, 3.8) is 0 Å². The molecule has 1 fully saturated rings. The van der Waals surface area contributed by atoms with Gasteiger partial charge in [0.15, 0.2) is 17.3 Å². The number of rotatable bonds is 7. The molecule has 0 spiro atoms. The van der Waals surface area contributed by atoms with Gasteiger partial charge in [-0.15, -0.1) is 5.10 Å². The van der Waals surface area contributed by atoms with Crippen molar-refractivity contribution in [3.8, 4) is 17.1 Å². The van der Waals surface area contributed by atoms with E-state index < -0.39 is 41.6 Å². The molecule has 2 aromatic carbocycles. The van der Waals surface area contributed by atoms with Crippen molar-refractivity contribution in [3.05, 3.63) is 86.7 Å². The molecule has 15 nitrogen and oxygen atoms in total. The fourth-order valence-corrected chi connectivity index (χ4v) is 6.62. The minimum atomic E-state index is -4.64. The van der Waals surface area contributed by atoms with E-state index in [2.05, 4.69) is 30.5 Å². The summed E-state index contributed by atoms with van der Waals surface area (Å²) >= 11 is 6.12. The molecule has 5 heterocycles. The Morgan fingerprint density at radius 2 is 1.78 bits per heavy atom. The van der Waals surface area contributed by atoms with Gasteiger partial charge in [0.05, 0.1) is 38.6 Å². The predicted molar refractivity (Wildman–Crippen MR) is 188 cm³/mol. The Morgan fingerprint density at radius 3 is 2.46 bits per heavy atom. The average molecular weight is 768 g/mol. The van der Waals surface area contributed by atoms with Crippen LogP contribution in [0.2, 0.25) is 5.02 Å². The maximum atomic E-state index is 14.8. The first kappa shape index (κ1) is 36.3. The quantitative estimate of drug-likeness (QED) is 0.225. The SMILES string of the molecule is CCc1c(N2CCN(C(=O)c3ncnc(C)c3O)CC2)c(=O)n2nc(-c3ccc4nn(C)c(F)c4c3)nc2n1CC(=O)Nc1ccc(C(F)(F)F)cc1Cl. The molecule has 0 bridgehead atoms. The minimum absolute atomic E-state index is 0.0283. The van der Waals surface area contributed by atoms with Crippen LogP contribution in [0.15, 0.2) is 47.5 Å². The van der Waals surface area contributed by atoms with Gasteiger partial charge in [0.2, 0.25) is 17.6 Å². The van der Waals surface area contributed by atoms with Crippen LogP contribution in [0.4, 0.5) is 28.9 Å². The van der Waals surface area contributed by atoms with Gasteiger partial charge >= 0.3 is 6.18 Å². The minimum Gasteiger partial charge on any atom is -0.504 e. The van der Waals surface area contributed by atoms with Crippen LogP contribution in [0.5, 0.6) is 5.75 Å². The van der Waals surface area contributed by atoms with Gasteiger partial charge in [-0.25, -0.2) is 14.6 Å². The van der Waals surface area contributed by atoms with Gasteiger partial charge in [0, 0.05) is 38.8 Å². The first-order chi connectivity index (χ1) is 25.7. The Labute approximate surface area is 307 Å². The monoisotopic (exact) mass is 767 g/mol. The summed E-state index contributed by atoms with van der Waals surface area (Å²) in [6.07, 6.45) is -3.24. The second kappa shape index (κ2) is 13.7. The van der Waals surface area contributed by atoms with Crippen LogP contribution in [-0.4, -0.2) is 86.9 Å². The van der Waals surface area contributed by atoms with Crippen molar-refractivity contribution in [1.29, 1.82) is 0 Å². The second-order valence-electron chi connectivity index (χ2n) is 12.5. The highest BCUT2D eigenvalue weighted by Crippen LogP contribution is 2.34. The number of carbonyl (C=O) groups is 2. The molecule has 0 atom stereocenters. The Morgan fingerprint density at radius 1 is 1.04 bits per heavy atom. The lowest BCUT2D eigenvalue weighted by atomic mass is 10.1. The van der Waals surface area contributed by atoms with Crippen molar-refractivity contribution in [2.45, 2.75) is 33.0 Å². The molecule has 54 heavy (non-hydrogen) atoms. The van der Waals surface area contributed by atoms with E-state index >= 15 is 0 Å². The van der Waals surface area contributed by atoms with E-state index in [-0.39, 0.29) is 83.1 Å². The average Bonchev–Trinajstić information content (AvgIpc) is 3.71. The first-order valence-corrected chi connectivity index (χ1v) is 16.9. The number of fused-ring (bicyclic) bond motifs is 2. The third-order valence-corrected chi connectivity index (χ3v) is 9.46. The highest BCUT2D eigenvalue weighted by atomic mass is 35.5. The second-order valence-corrected chi connectivity index (χ2v) is 12.9. The van der Waals surface area contributed by atoms with Crippen molar-refractivity contribution in [1.82, 2.24) is 43.8 Å². The molecule has 6 aromatic rings. The molecule has 7 rings (SSSR count). The van der Waals surface area contributed by atoms with Gasteiger partial charge in [0.1, 0.15) is 18.6 Å². The molecule has 280 valence electrons. The molecule has 0 saturated carbocycles. The summed E-state index contributed by atoms with van der Waals surface area (Å²) in [5, 5.41) is 21.4. The summed E-state index contributed by atoms with van der Waals surface area (Å²) < 4.78 is 58.2. The number of hydrogen-bond acceptors (Lipinski definition) is 10. The number of hydrogen-bond donors (Lipinski definition) is 2. The Hall–Kier alpha value is -6.11. The largest absolute Gasteiger partial charge is 0.504 e. The third-order valence-electron chi connectivity index (χ3n) is 9.14. The van der Waals surface area contributed by atoms with Crippen LogP contribution < -0.4 is 15.8 Å². The van der Waals surface area contributed by atoms with Crippen LogP contribution in [0.25, 0.3) is 28.1 Å². The maximum Gasteiger partial charge on any atom is 0.416 e. The number of amides is 2. The molecule has 1 aliphatic rings. The van der Waals surface area contributed by atoms with E-state index in [1.807, 2.05) is 0 Å². The first-order valence-electron chi connectivity index (χ1n) is 16.5. The zero-order chi connectivity index (χ0) is 38.6. The van der Waals surface area contributed by atoms with Gasteiger partial charge in [-0.2, -0.15) is 32.2 Å². The number of carbonyl (C=O) groups excluding carboxylic acids is 2. The molecule has 4 aromatic heterocycles. The summed E-state index contributed by atoms with van der Waals surface area (Å²) in [5.74, 6) is -2.10. The number of piperazine rings is 1. The van der Waals surface area contributed by atoms with Crippen molar-refractivity contribution < 1.29 is 32.3 Å². The van der Waals surface area contributed by atoms with Crippen LogP contribution in [0.3, 0.4) is 0 Å². The number of nitrogens with one attached hydrogen (secondary N) is 1. The summed E-state index contributed by atoms with van der Waals surface area (Å²) in [5.41, 5.74) is -0.204. The summed E-state index contributed by atoms with van der Waals surface area (Å²) in [6, 6.07) is 7.23.